The Labute approximate surface area is 478 Å². The first-order valence-electron chi connectivity index (χ1n) is 31.8. The van der Waals surface area contributed by atoms with E-state index in [4.69, 9.17) is 28.4 Å². The zero-order valence-electron chi connectivity index (χ0n) is 50.4. The monoisotopic (exact) mass is 1110 g/mol. The summed E-state index contributed by atoms with van der Waals surface area (Å²) in [6.07, 6.45) is 31.6. The van der Waals surface area contributed by atoms with Crippen LogP contribution in [0.4, 0.5) is 0 Å². The Hall–Kier alpha value is -3.10. The van der Waals surface area contributed by atoms with Gasteiger partial charge in [-0.2, -0.15) is 0 Å². The summed E-state index contributed by atoms with van der Waals surface area (Å²) in [4.78, 5) is 46.1. The van der Waals surface area contributed by atoms with Crippen molar-refractivity contribution in [2.45, 2.75) is 239 Å². The van der Waals surface area contributed by atoms with Crippen molar-refractivity contribution in [2.24, 2.45) is 85.8 Å². The second-order valence-electron chi connectivity index (χ2n) is 28.9. The minimum absolute atomic E-state index is 0.00830. The molecule has 0 aromatic carbocycles. The van der Waals surface area contributed by atoms with Crippen molar-refractivity contribution in [1.82, 2.24) is 0 Å². The van der Waals surface area contributed by atoms with Crippen LogP contribution in [-0.4, -0.2) is 110 Å². The minimum Gasteiger partial charge on any atom is -0.462 e. The summed E-state index contributed by atoms with van der Waals surface area (Å²) in [5, 5.41) is 31.2. The summed E-state index contributed by atoms with van der Waals surface area (Å²) < 4.78 is 34.1. The number of hydrogen-bond donors (Lipinski definition) is 3. The van der Waals surface area contributed by atoms with Crippen LogP contribution >= 0.6 is 0 Å². The molecule has 12 rings (SSSR count). The fourth-order valence-corrected chi connectivity index (χ4v) is 22.0. The van der Waals surface area contributed by atoms with Crippen molar-refractivity contribution in [2.75, 3.05) is 34.0 Å². The Bertz CT molecular complexity index is 2400. The van der Waals surface area contributed by atoms with Crippen LogP contribution in [0.2, 0.25) is 0 Å². The van der Waals surface area contributed by atoms with Gasteiger partial charge in [0.15, 0.2) is 0 Å². The molecular weight excluding hydrogens is 1010 g/mol. The highest BCUT2D eigenvalue weighted by Crippen LogP contribution is 2.69. The Morgan fingerprint density at radius 3 is 1.26 bits per heavy atom. The van der Waals surface area contributed by atoms with Crippen LogP contribution in [0.5, 0.6) is 0 Å². The molecule has 21 atom stereocenters. The molecule has 0 saturated heterocycles. The van der Waals surface area contributed by atoms with Crippen molar-refractivity contribution in [1.29, 1.82) is 0 Å². The van der Waals surface area contributed by atoms with Gasteiger partial charge in [0, 0.05) is 81.8 Å². The topological polar surface area (TPSA) is 184 Å². The van der Waals surface area contributed by atoms with Crippen LogP contribution in [0.1, 0.15) is 203 Å². The molecule has 0 radical (unpaired) electrons. The van der Waals surface area contributed by atoms with Crippen molar-refractivity contribution in [3.05, 3.63) is 34.9 Å². The molecule has 13 nitrogen and oxygen atoms in total. The number of allylic oxidation sites excluding steroid dienone is 3. The zero-order valence-corrected chi connectivity index (χ0v) is 50.4. The summed E-state index contributed by atoms with van der Waals surface area (Å²) in [6.45, 7) is 14.8. The maximum atomic E-state index is 11.6. The van der Waals surface area contributed by atoms with Gasteiger partial charge in [-0.1, -0.05) is 55.7 Å². The summed E-state index contributed by atoms with van der Waals surface area (Å²) >= 11 is 0. The molecule has 0 aromatic heterocycles. The van der Waals surface area contributed by atoms with Gasteiger partial charge in [-0.3, -0.25) is 19.2 Å². The lowest BCUT2D eigenvalue weighted by Crippen LogP contribution is -2.54. The number of ether oxygens (including phenoxy) is 6. The Balaban J connectivity index is 0.000000136. The second kappa shape index (κ2) is 23.4. The van der Waals surface area contributed by atoms with Crippen LogP contribution in [0.25, 0.3) is 0 Å². The third kappa shape index (κ3) is 10.4. The predicted octanol–water partition coefficient (Wildman–Crippen LogP) is 11.5. The number of methoxy groups -OCH3 is 2. The van der Waals surface area contributed by atoms with Gasteiger partial charge in [0.05, 0.1) is 32.0 Å². The van der Waals surface area contributed by atoms with Crippen molar-refractivity contribution >= 4 is 23.9 Å². The number of carbonyl (C=O) groups is 4. The van der Waals surface area contributed by atoms with Crippen molar-refractivity contribution < 1.29 is 62.9 Å². The number of aliphatic hydroxyl groups is 3. The smallest absolute Gasteiger partial charge is 0.302 e. The normalized spacial score (nSPS) is 46.4. The molecule has 12 aliphatic rings. The van der Waals surface area contributed by atoms with Gasteiger partial charge in [0.25, 0.3) is 0 Å². The molecule has 80 heavy (non-hydrogen) atoms. The molecule has 9 fully saturated rings. The third-order valence-corrected chi connectivity index (χ3v) is 25.5. The SMILES string of the molecule is CC(=O)O[C@H]1CC[C@@]2(CO)C(=CCC3C2CC[C@@]2(C)C3CC[C@@H]2OC(C)=O)C1.COC[C@]12CC[C@H](O)CC1=CCC1C2CC[C@@]2(C)C1CC[C@@H]2O.COC[C@]12CC[C@H](OC(C)=O)CC1=CCC1C2CC[C@@]2(C)C1CC[C@@H]2OC(C)=O. The van der Waals surface area contributed by atoms with Gasteiger partial charge >= 0.3 is 23.9 Å². The van der Waals surface area contributed by atoms with Gasteiger partial charge < -0.3 is 43.7 Å². The summed E-state index contributed by atoms with van der Waals surface area (Å²) in [5.74, 6) is 4.71. The van der Waals surface area contributed by atoms with Crippen molar-refractivity contribution in [3.8, 4) is 0 Å². The summed E-state index contributed by atoms with van der Waals surface area (Å²) in [6, 6.07) is 0. The lowest BCUT2D eigenvalue weighted by molar-refractivity contribution is -0.159. The lowest BCUT2D eigenvalue weighted by Gasteiger charge is -2.58. The number of esters is 4. The molecule has 0 bridgehead atoms. The van der Waals surface area contributed by atoms with Gasteiger partial charge in [-0.15, -0.1) is 0 Å². The Morgan fingerprint density at radius 1 is 0.450 bits per heavy atom. The molecule has 9 saturated carbocycles. The van der Waals surface area contributed by atoms with Crippen LogP contribution < -0.4 is 0 Å². The number of aliphatic hydroxyl groups excluding tert-OH is 3. The average molecular weight is 1120 g/mol. The highest BCUT2D eigenvalue weighted by molar-refractivity contribution is 5.67. The molecule has 9 unspecified atom stereocenters. The Kier molecular flexibility index (Phi) is 17.6. The molecule has 448 valence electrons. The van der Waals surface area contributed by atoms with Crippen LogP contribution in [0, 0.1) is 85.8 Å². The van der Waals surface area contributed by atoms with E-state index in [1.165, 1.54) is 57.3 Å². The molecule has 0 aromatic rings. The molecule has 0 heterocycles. The first-order valence-corrected chi connectivity index (χ1v) is 31.8. The molecule has 0 aliphatic heterocycles. The number of fused-ring (bicyclic) bond motifs is 15. The Morgan fingerprint density at radius 2 is 0.825 bits per heavy atom. The van der Waals surface area contributed by atoms with Gasteiger partial charge in [-0.05, 0) is 200 Å². The maximum Gasteiger partial charge on any atom is 0.302 e. The van der Waals surface area contributed by atoms with Gasteiger partial charge in [0.1, 0.15) is 24.4 Å². The van der Waals surface area contributed by atoms with Gasteiger partial charge in [-0.25, -0.2) is 0 Å². The maximum absolute atomic E-state index is 11.6. The third-order valence-electron chi connectivity index (χ3n) is 25.5. The minimum atomic E-state index is -0.216. The van der Waals surface area contributed by atoms with Crippen LogP contribution in [-0.2, 0) is 47.6 Å². The first kappa shape index (κ1) is 60.0. The second-order valence-corrected chi connectivity index (χ2v) is 28.9. The van der Waals surface area contributed by atoms with E-state index in [0.717, 1.165) is 154 Å². The zero-order chi connectivity index (χ0) is 57.2. The molecule has 0 spiro atoms. The predicted molar refractivity (Wildman–Crippen MR) is 303 cm³/mol. The van der Waals surface area contributed by atoms with E-state index in [1.807, 2.05) is 14.2 Å². The van der Waals surface area contributed by atoms with E-state index in [1.54, 1.807) is 0 Å². The van der Waals surface area contributed by atoms with E-state index in [0.29, 0.717) is 53.3 Å². The van der Waals surface area contributed by atoms with Crippen LogP contribution in [0.3, 0.4) is 0 Å². The van der Waals surface area contributed by atoms with Gasteiger partial charge in [0.2, 0.25) is 0 Å². The summed E-state index contributed by atoms with van der Waals surface area (Å²) in [7, 11) is 3.64. The van der Waals surface area contributed by atoms with Crippen LogP contribution in [0.15, 0.2) is 34.9 Å². The highest BCUT2D eigenvalue weighted by atomic mass is 16.6. The van der Waals surface area contributed by atoms with E-state index >= 15 is 0 Å². The van der Waals surface area contributed by atoms with E-state index in [9.17, 15) is 34.5 Å². The number of rotatable bonds is 9. The fraction of sp³-hybridized carbons (Fsp3) is 0.851. The fourth-order valence-electron chi connectivity index (χ4n) is 22.0. The van der Waals surface area contributed by atoms with E-state index in [-0.39, 0.29) is 99.6 Å². The molecule has 12 aliphatic carbocycles. The van der Waals surface area contributed by atoms with E-state index in [2.05, 4.69) is 39.0 Å². The molecule has 3 N–H and O–H groups in total. The van der Waals surface area contributed by atoms with E-state index < -0.39 is 0 Å². The lowest BCUT2D eigenvalue weighted by atomic mass is 9.47. The standard InChI is InChI=1S/C24H36O5.C23H34O5.C20H32O3/c1-15(25)28-18-9-12-24(14-27-4)17(13-18)5-6-19-20-7-8-22(29-16(2)26)23(20,3)11-10-21(19)24;1-14(25)27-17-8-11-23(13-24)16(12-17)4-5-18-19-6-7-21(28-15(2)26)22(19,3)10-9-20(18)23;1-19-9-8-17-15(16(19)5-6-18(19)22)4-3-13-11-14(21)7-10-20(13,17)12-23-2/h5,18-22H,6-14H2,1-4H3;4,17-21,24H,5-13H2,1-3H3;3,14-18,21-22H,4-12H2,1-2H3/t18-,19?,20?,21?,22-,23-,24+;17-,18?,19?,20?,21-,22-,23+;14-,15?,16?,17?,18-,19-,20+/m000/s1. The summed E-state index contributed by atoms with van der Waals surface area (Å²) in [5.41, 5.74) is 4.62. The number of hydrogen-bond acceptors (Lipinski definition) is 13. The van der Waals surface area contributed by atoms with Crippen molar-refractivity contribution in [3.63, 3.8) is 0 Å². The highest BCUT2D eigenvalue weighted by Gasteiger charge is 2.64. The molecule has 13 heteroatoms. The largest absolute Gasteiger partial charge is 0.462 e. The first-order chi connectivity index (χ1) is 38.1. The quantitative estimate of drug-likeness (QED) is 0.113. The molecular formula is C67H102O13. The number of carbonyl (C=O) groups excluding carboxylic acids is 4. The average Bonchev–Trinajstić information content (AvgIpc) is 3.93. The molecule has 0 amide bonds.